The van der Waals surface area contributed by atoms with Gasteiger partial charge in [0.1, 0.15) is 6.04 Å². The van der Waals surface area contributed by atoms with Gasteiger partial charge in [-0.25, -0.2) is 0 Å². The fourth-order valence-corrected chi connectivity index (χ4v) is 1.74. The van der Waals surface area contributed by atoms with E-state index in [9.17, 15) is 13.2 Å². The highest BCUT2D eigenvalue weighted by Gasteiger charge is 2.40. The largest absolute Gasteiger partial charge is 0.407 e. The standard InChI is InChI=1S/C12H13F3N4/c13-12(14,15)11(10-4-2-1-3-5-10)16-6-8-19-9-7-17-18-19/h1-5,7,9,11,16H,6,8H2. The predicted octanol–water partition coefficient (Wildman–Crippen LogP) is 2.17. The number of hydrogen-bond donors (Lipinski definition) is 1. The van der Waals surface area contributed by atoms with Crippen LogP contribution < -0.4 is 5.32 Å². The molecule has 1 atom stereocenters. The van der Waals surface area contributed by atoms with Crippen LogP contribution in [0.25, 0.3) is 0 Å². The zero-order chi connectivity index (χ0) is 13.7. The fraction of sp³-hybridized carbons (Fsp3) is 0.333. The van der Waals surface area contributed by atoms with Gasteiger partial charge in [-0.1, -0.05) is 35.5 Å². The topological polar surface area (TPSA) is 42.7 Å². The molecular formula is C12H13F3N4. The van der Waals surface area contributed by atoms with E-state index in [-0.39, 0.29) is 12.1 Å². The minimum absolute atomic E-state index is 0.155. The minimum Gasteiger partial charge on any atom is -0.301 e. The summed E-state index contributed by atoms with van der Waals surface area (Å²) in [5, 5.41) is 9.78. The molecule has 0 spiro atoms. The summed E-state index contributed by atoms with van der Waals surface area (Å²) in [5.41, 5.74) is 0.202. The molecule has 1 aromatic carbocycles. The molecule has 1 unspecified atom stereocenters. The summed E-state index contributed by atoms with van der Waals surface area (Å²) in [6.07, 6.45) is -1.24. The van der Waals surface area contributed by atoms with E-state index < -0.39 is 12.2 Å². The van der Waals surface area contributed by atoms with Gasteiger partial charge in [-0.3, -0.25) is 4.68 Å². The summed E-state index contributed by atoms with van der Waals surface area (Å²) >= 11 is 0. The van der Waals surface area contributed by atoms with Crippen LogP contribution >= 0.6 is 0 Å². The minimum atomic E-state index is -4.33. The number of alkyl halides is 3. The highest BCUT2D eigenvalue weighted by molar-refractivity contribution is 5.20. The molecule has 2 aromatic rings. The molecule has 0 aliphatic heterocycles. The summed E-state index contributed by atoms with van der Waals surface area (Å²) in [5.74, 6) is 0. The Morgan fingerprint density at radius 2 is 1.95 bits per heavy atom. The Labute approximate surface area is 108 Å². The maximum absolute atomic E-state index is 13.0. The first-order valence-corrected chi connectivity index (χ1v) is 5.76. The Morgan fingerprint density at radius 1 is 1.21 bits per heavy atom. The molecule has 2 rings (SSSR count). The first-order chi connectivity index (χ1) is 9.07. The first-order valence-electron chi connectivity index (χ1n) is 5.76. The Bertz CT molecular complexity index is 481. The maximum Gasteiger partial charge on any atom is 0.407 e. The molecule has 0 saturated carbocycles. The summed E-state index contributed by atoms with van der Waals surface area (Å²) in [6.45, 7) is 0.488. The van der Waals surface area contributed by atoms with E-state index in [4.69, 9.17) is 0 Å². The Kier molecular flexibility index (Phi) is 4.16. The normalized spacial score (nSPS) is 13.4. The van der Waals surface area contributed by atoms with E-state index in [0.29, 0.717) is 6.54 Å². The molecule has 0 amide bonds. The van der Waals surface area contributed by atoms with Gasteiger partial charge >= 0.3 is 6.18 Å². The van der Waals surface area contributed by atoms with Crippen molar-refractivity contribution in [3.8, 4) is 0 Å². The van der Waals surface area contributed by atoms with Crippen molar-refractivity contribution in [2.45, 2.75) is 18.8 Å². The second-order valence-electron chi connectivity index (χ2n) is 4.01. The van der Waals surface area contributed by atoms with Gasteiger partial charge in [-0.2, -0.15) is 13.2 Å². The Morgan fingerprint density at radius 3 is 2.53 bits per heavy atom. The van der Waals surface area contributed by atoms with Gasteiger partial charge in [0.25, 0.3) is 0 Å². The van der Waals surface area contributed by atoms with Gasteiger partial charge in [0, 0.05) is 12.7 Å². The number of aromatic nitrogens is 3. The van der Waals surface area contributed by atoms with Crippen LogP contribution in [0.15, 0.2) is 42.7 Å². The maximum atomic E-state index is 13.0. The molecule has 19 heavy (non-hydrogen) atoms. The number of nitrogens with zero attached hydrogens (tertiary/aromatic N) is 3. The molecule has 0 radical (unpaired) electrons. The first kappa shape index (κ1) is 13.5. The van der Waals surface area contributed by atoms with Crippen molar-refractivity contribution < 1.29 is 13.2 Å². The average Bonchev–Trinajstić information content (AvgIpc) is 2.87. The number of nitrogens with one attached hydrogen (secondary N) is 1. The van der Waals surface area contributed by atoms with Crippen LogP contribution in [0.3, 0.4) is 0 Å². The lowest BCUT2D eigenvalue weighted by atomic mass is 10.1. The lowest BCUT2D eigenvalue weighted by Gasteiger charge is -2.22. The SMILES string of the molecule is FC(F)(F)C(NCCn1ccnn1)c1ccccc1. The number of benzene rings is 1. The molecule has 7 heteroatoms. The third kappa shape index (κ3) is 3.78. The average molecular weight is 270 g/mol. The molecule has 1 heterocycles. The van der Waals surface area contributed by atoms with Crippen LogP contribution in [0.1, 0.15) is 11.6 Å². The zero-order valence-corrected chi connectivity index (χ0v) is 10.0. The van der Waals surface area contributed by atoms with Crippen molar-refractivity contribution in [3.05, 3.63) is 48.3 Å². The molecule has 0 aliphatic carbocycles. The van der Waals surface area contributed by atoms with E-state index in [1.165, 1.54) is 23.0 Å². The van der Waals surface area contributed by atoms with E-state index >= 15 is 0 Å². The zero-order valence-electron chi connectivity index (χ0n) is 10.0. The molecule has 0 aliphatic rings. The summed E-state index contributed by atoms with van der Waals surface area (Å²) < 4.78 is 40.4. The lowest BCUT2D eigenvalue weighted by Crippen LogP contribution is -2.36. The third-order valence-corrected chi connectivity index (χ3v) is 2.62. The Hall–Kier alpha value is -1.89. The van der Waals surface area contributed by atoms with Crippen LogP contribution in [-0.2, 0) is 6.54 Å². The second-order valence-corrected chi connectivity index (χ2v) is 4.01. The molecule has 0 saturated heterocycles. The molecule has 1 aromatic heterocycles. The Balaban J connectivity index is 1.99. The van der Waals surface area contributed by atoms with Gasteiger partial charge in [0.05, 0.1) is 12.7 Å². The van der Waals surface area contributed by atoms with Crippen molar-refractivity contribution in [2.75, 3.05) is 6.54 Å². The van der Waals surface area contributed by atoms with Gasteiger partial charge in [-0.15, -0.1) is 5.10 Å². The lowest BCUT2D eigenvalue weighted by molar-refractivity contribution is -0.157. The summed E-state index contributed by atoms with van der Waals surface area (Å²) in [7, 11) is 0. The fourth-order valence-electron chi connectivity index (χ4n) is 1.74. The van der Waals surface area contributed by atoms with Crippen molar-refractivity contribution >= 4 is 0 Å². The predicted molar refractivity (Wildman–Crippen MR) is 63.3 cm³/mol. The van der Waals surface area contributed by atoms with Crippen LogP contribution in [0.2, 0.25) is 0 Å². The summed E-state index contributed by atoms with van der Waals surface area (Å²) in [6, 6.07) is 6.12. The van der Waals surface area contributed by atoms with Crippen molar-refractivity contribution in [1.29, 1.82) is 0 Å². The molecule has 0 bridgehead atoms. The highest BCUT2D eigenvalue weighted by atomic mass is 19.4. The van der Waals surface area contributed by atoms with E-state index in [2.05, 4.69) is 15.6 Å². The monoisotopic (exact) mass is 270 g/mol. The van der Waals surface area contributed by atoms with Gasteiger partial charge in [-0.05, 0) is 5.56 Å². The molecule has 1 N–H and O–H groups in total. The van der Waals surface area contributed by atoms with Gasteiger partial charge < -0.3 is 5.32 Å². The van der Waals surface area contributed by atoms with Crippen LogP contribution in [-0.4, -0.2) is 27.7 Å². The van der Waals surface area contributed by atoms with Crippen LogP contribution in [0, 0.1) is 0 Å². The highest BCUT2D eigenvalue weighted by Crippen LogP contribution is 2.32. The van der Waals surface area contributed by atoms with E-state index in [1.807, 2.05) is 0 Å². The second kappa shape index (κ2) is 5.83. The van der Waals surface area contributed by atoms with Gasteiger partial charge in [0.15, 0.2) is 0 Å². The van der Waals surface area contributed by atoms with Crippen molar-refractivity contribution in [3.63, 3.8) is 0 Å². The van der Waals surface area contributed by atoms with Gasteiger partial charge in [0.2, 0.25) is 0 Å². The number of halogens is 3. The molecule has 0 fully saturated rings. The third-order valence-electron chi connectivity index (χ3n) is 2.62. The number of hydrogen-bond acceptors (Lipinski definition) is 3. The quantitative estimate of drug-likeness (QED) is 0.905. The molecular weight excluding hydrogens is 257 g/mol. The van der Waals surface area contributed by atoms with Crippen LogP contribution in [0.5, 0.6) is 0 Å². The van der Waals surface area contributed by atoms with Crippen molar-refractivity contribution in [1.82, 2.24) is 20.3 Å². The molecule has 102 valence electrons. The van der Waals surface area contributed by atoms with E-state index in [1.54, 1.807) is 24.4 Å². The van der Waals surface area contributed by atoms with Crippen LogP contribution in [0.4, 0.5) is 13.2 Å². The number of rotatable bonds is 5. The van der Waals surface area contributed by atoms with E-state index in [0.717, 1.165) is 0 Å². The smallest absolute Gasteiger partial charge is 0.301 e. The molecule has 4 nitrogen and oxygen atoms in total. The van der Waals surface area contributed by atoms with Crippen molar-refractivity contribution in [2.24, 2.45) is 0 Å². The summed E-state index contributed by atoms with van der Waals surface area (Å²) in [4.78, 5) is 0.